The molecule has 20 heavy (non-hydrogen) atoms. The summed E-state index contributed by atoms with van der Waals surface area (Å²) in [6.45, 7) is 10.00. The second-order valence-electron chi connectivity index (χ2n) is 6.26. The maximum Gasteiger partial charge on any atom is 0.496 e. The predicted octanol–water partition coefficient (Wildman–Crippen LogP) is 0.717. The molecule has 0 aliphatic carbocycles. The third-order valence-corrected chi connectivity index (χ3v) is 4.07. The van der Waals surface area contributed by atoms with Crippen molar-refractivity contribution in [1.82, 2.24) is 4.98 Å². The molecular weight excluding hydrogens is 255 g/mol. The predicted molar refractivity (Wildman–Crippen MR) is 77.6 cm³/mol. The highest BCUT2D eigenvalue weighted by Gasteiger charge is 2.52. The van der Waals surface area contributed by atoms with Crippen LogP contribution in [0.4, 0.5) is 0 Å². The fourth-order valence-corrected chi connectivity index (χ4v) is 2.12. The molecule has 1 aromatic rings. The number of carbonyl (C=O) groups is 1. The Labute approximate surface area is 120 Å². The summed E-state index contributed by atoms with van der Waals surface area (Å²) in [5.41, 5.74) is 6.95. The van der Waals surface area contributed by atoms with Gasteiger partial charge in [0.25, 0.3) is 0 Å². The zero-order chi connectivity index (χ0) is 15.1. The number of aryl methyl sites for hydroxylation is 1. The van der Waals surface area contributed by atoms with Crippen molar-refractivity contribution in [3.8, 4) is 0 Å². The largest absolute Gasteiger partial charge is 0.496 e. The number of aromatic nitrogens is 1. The van der Waals surface area contributed by atoms with Gasteiger partial charge in [-0.1, -0.05) is 0 Å². The van der Waals surface area contributed by atoms with E-state index in [4.69, 9.17) is 15.0 Å². The average Bonchev–Trinajstić information content (AvgIpc) is 2.46. The second kappa shape index (κ2) is 4.86. The van der Waals surface area contributed by atoms with Gasteiger partial charge in [0.1, 0.15) is 0 Å². The lowest BCUT2D eigenvalue weighted by Gasteiger charge is -2.32. The molecule has 108 valence electrons. The Morgan fingerprint density at radius 1 is 1.30 bits per heavy atom. The van der Waals surface area contributed by atoms with E-state index in [2.05, 4.69) is 4.98 Å². The molecule has 2 heterocycles. The Morgan fingerprint density at radius 3 is 2.30 bits per heavy atom. The molecule has 0 saturated carbocycles. The monoisotopic (exact) mass is 276 g/mol. The quantitative estimate of drug-likeness (QED) is 0.825. The van der Waals surface area contributed by atoms with E-state index in [1.807, 2.05) is 40.7 Å². The van der Waals surface area contributed by atoms with Crippen LogP contribution in [0.5, 0.6) is 0 Å². The maximum absolute atomic E-state index is 10.9. The number of amides is 1. The van der Waals surface area contributed by atoms with Crippen LogP contribution in [0.1, 0.15) is 39.0 Å². The standard InChI is InChI=1S/C14H21BN2O3/c1-9-6-10(7-12(16)18)17-8-11(9)15-19-13(2,3)14(4,5)20-15/h6,8H,7H2,1-5H3,(H2,16,18). The Morgan fingerprint density at radius 2 is 1.85 bits per heavy atom. The average molecular weight is 276 g/mol. The summed E-state index contributed by atoms with van der Waals surface area (Å²) in [7, 11) is -0.435. The first-order valence-corrected chi connectivity index (χ1v) is 6.72. The summed E-state index contributed by atoms with van der Waals surface area (Å²) in [5.74, 6) is -0.389. The van der Waals surface area contributed by atoms with Gasteiger partial charge >= 0.3 is 7.12 Å². The molecule has 1 aliphatic heterocycles. The molecule has 0 bridgehead atoms. The lowest BCUT2D eigenvalue weighted by Crippen LogP contribution is -2.41. The van der Waals surface area contributed by atoms with Crippen LogP contribution >= 0.6 is 0 Å². The van der Waals surface area contributed by atoms with Crippen LogP contribution in [0.15, 0.2) is 12.3 Å². The third-order valence-electron chi connectivity index (χ3n) is 4.07. The summed E-state index contributed by atoms with van der Waals surface area (Å²) in [4.78, 5) is 15.2. The molecule has 1 aliphatic rings. The minimum Gasteiger partial charge on any atom is -0.399 e. The number of rotatable bonds is 3. The molecule has 1 aromatic heterocycles. The van der Waals surface area contributed by atoms with Crippen molar-refractivity contribution in [2.45, 2.75) is 52.2 Å². The van der Waals surface area contributed by atoms with Gasteiger partial charge < -0.3 is 15.0 Å². The molecule has 1 amide bonds. The minimum atomic E-state index is -0.435. The number of pyridine rings is 1. The van der Waals surface area contributed by atoms with E-state index in [-0.39, 0.29) is 23.5 Å². The van der Waals surface area contributed by atoms with Gasteiger partial charge in [-0.25, -0.2) is 0 Å². The summed E-state index contributed by atoms with van der Waals surface area (Å²) < 4.78 is 12.0. The van der Waals surface area contributed by atoms with Gasteiger partial charge in [-0.2, -0.15) is 0 Å². The Kier molecular flexibility index (Phi) is 3.65. The van der Waals surface area contributed by atoms with Crippen LogP contribution < -0.4 is 11.2 Å². The fraction of sp³-hybridized carbons (Fsp3) is 0.571. The van der Waals surface area contributed by atoms with E-state index in [1.165, 1.54) is 0 Å². The molecule has 0 aromatic carbocycles. The van der Waals surface area contributed by atoms with Crippen LogP contribution in [0.3, 0.4) is 0 Å². The lowest BCUT2D eigenvalue weighted by atomic mass is 9.77. The molecule has 1 saturated heterocycles. The van der Waals surface area contributed by atoms with Crippen molar-refractivity contribution in [1.29, 1.82) is 0 Å². The summed E-state index contributed by atoms with van der Waals surface area (Å²) in [6, 6.07) is 1.85. The SMILES string of the molecule is Cc1cc(CC(N)=O)ncc1B1OC(C)(C)C(C)(C)O1. The van der Waals surface area contributed by atoms with Crippen LogP contribution in [0.2, 0.25) is 0 Å². The summed E-state index contributed by atoms with van der Waals surface area (Å²) in [5, 5.41) is 0. The number of nitrogens with zero attached hydrogens (tertiary/aromatic N) is 1. The molecule has 0 atom stereocenters. The van der Waals surface area contributed by atoms with Crippen molar-refractivity contribution in [2.75, 3.05) is 0 Å². The van der Waals surface area contributed by atoms with E-state index in [0.717, 1.165) is 11.0 Å². The van der Waals surface area contributed by atoms with E-state index in [9.17, 15) is 4.79 Å². The smallest absolute Gasteiger partial charge is 0.399 e. The highest BCUT2D eigenvalue weighted by Crippen LogP contribution is 2.36. The topological polar surface area (TPSA) is 74.4 Å². The summed E-state index contributed by atoms with van der Waals surface area (Å²) >= 11 is 0. The van der Waals surface area contributed by atoms with Gasteiger partial charge in [0, 0.05) is 17.4 Å². The van der Waals surface area contributed by atoms with Gasteiger partial charge in [-0.15, -0.1) is 0 Å². The third kappa shape index (κ3) is 2.71. The van der Waals surface area contributed by atoms with Crippen molar-refractivity contribution in [2.24, 2.45) is 5.73 Å². The fourth-order valence-electron chi connectivity index (χ4n) is 2.12. The van der Waals surface area contributed by atoms with Gasteiger partial charge in [0.05, 0.1) is 17.6 Å². The first-order chi connectivity index (χ1) is 9.12. The summed E-state index contributed by atoms with van der Waals surface area (Å²) in [6.07, 6.45) is 1.85. The number of hydrogen-bond acceptors (Lipinski definition) is 4. The van der Waals surface area contributed by atoms with Gasteiger partial charge in [0.15, 0.2) is 0 Å². The van der Waals surface area contributed by atoms with Crippen LogP contribution in [-0.4, -0.2) is 29.2 Å². The van der Waals surface area contributed by atoms with E-state index < -0.39 is 7.12 Å². The molecule has 0 spiro atoms. The van der Waals surface area contributed by atoms with Gasteiger partial charge in [-0.05, 0) is 46.2 Å². The molecule has 2 N–H and O–H groups in total. The second-order valence-corrected chi connectivity index (χ2v) is 6.26. The van der Waals surface area contributed by atoms with Crippen molar-refractivity contribution < 1.29 is 14.1 Å². The van der Waals surface area contributed by atoms with E-state index in [1.54, 1.807) is 6.20 Å². The number of nitrogens with two attached hydrogens (primary N) is 1. The van der Waals surface area contributed by atoms with Crippen molar-refractivity contribution in [3.63, 3.8) is 0 Å². The van der Waals surface area contributed by atoms with Crippen LogP contribution in [0, 0.1) is 6.92 Å². The molecule has 0 radical (unpaired) electrons. The molecule has 5 nitrogen and oxygen atoms in total. The number of primary amides is 1. The van der Waals surface area contributed by atoms with Crippen molar-refractivity contribution >= 4 is 18.5 Å². The molecular formula is C14H21BN2O3. The maximum atomic E-state index is 10.9. The molecule has 1 fully saturated rings. The van der Waals surface area contributed by atoms with E-state index >= 15 is 0 Å². The Balaban J connectivity index is 2.25. The highest BCUT2D eigenvalue weighted by molar-refractivity contribution is 6.62. The first-order valence-electron chi connectivity index (χ1n) is 6.72. The molecule has 2 rings (SSSR count). The van der Waals surface area contributed by atoms with E-state index in [0.29, 0.717) is 5.69 Å². The normalized spacial score (nSPS) is 20.1. The number of carbonyl (C=O) groups excluding carboxylic acids is 1. The minimum absolute atomic E-state index is 0.143. The number of hydrogen-bond donors (Lipinski definition) is 1. The highest BCUT2D eigenvalue weighted by atomic mass is 16.7. The Bertz CT molecular complexity index is 527. The Hall–Kier alpha value is -1.40. The van der Waals surface area contributed by atoms with Gasteiger partial charge in [-0.3, -0.25) is 9.78 Å². The lowest BCUT2D eigenvalue weighted by molar-refractivity contribution is -0.117. The van der Waals surface area contributed by atoms with Crippen molar-refractivity contribution in [3.05, 3.63) is 23.5 Å². The first kappa shape index (κ1) is 15.0. The zero-order valence-corrected chi connectivity index (χ0v) is 12.7. The van der Waals surface area contributed by atoms with Gasteiger partial charge in [0.2, 0.25) is 5.91 Å². The molecule has 0 unspecified atom stereocenters. The zero-order valence-electron chi connectivity index (χ0n) is 12.7. The molecule has 6 heteroatoms. The van der Waals surface area contributed by atoms with Crippen LogP contribution in [0.25, 0.3) is 0 Å². The van der Waals surface area contributed by atoms with Crippen LogP contribution in [-0.2, 0) is 20.5 Å².